The second kappa shape index (κ2) is 9.93. The molecule has 34 heavy (non-hydrogen) atoms. The van der Waals surface area contributed by atoms with Crippen LogP contribution in [0.2, 0.25) is 0 Å². The summed E-state index contributed by atoms with van der Waals surface area (Å²) in [6.45, 7) is 0.226. The van der Waals surface area contributed by atoms with Crippen LogP contribution in [0.5, 0.6) is 5.75 Å². The highest BCUT2D eigenvalue weighted by molar-refractivity contribution is 6.05. The van der Waals surface area contributed by atoms with E-state index in [0.717, 1.165) is 0 Å². The van der Waals surface area contributed by atoms with Gasteiger partial charge in [0.05, 0.1) is 42.9 Å². The molecule has 3 atom stereocenters. The van der Waals surface area contributed by atoms with E-state index in [2.05, 4.69) is 5.32 Å². The van der Waals surface area contributed by atoms with E-state index in [0.29, 0.717) is 41.0 Å². The second-order valence-electron chi connectivity index (χ2n) is 8.30. The Kier molecular flexibility index (Phi) is 6.80. The van der Waals surface area contributed by atoms with E-state index in [1.54, 1.807) is 54.4 Å². The molecule has 9 nitrogen and oxygen atoms in total. The highest BCUT2D eigenvalue weighted by Gasteiger charge is 2.39. The number of anilines is 1. The van der Waals surface area contributed by atoms with Gasteiger partial charge in [0.1, 0.15) is 18.5 Å². The summed E-state index contributed by atoms with van der Waals surface area (Å²) >= 11 is 0. The molecule has 0 bridgehead atoms. The quantitative estimate of drug-likeness (QED) is 0.693. The van der Waals surface area contributed by atoms with Gasteiger partial charge < -0.3 is 24.4 Å². The fourth-order valence-electron chi connectivity index (χ4n) is 4.27. The molecule has 2 aromatic rings. The number of hydrogen-bond acceptors (Lipinski definition) is 7. The molecule has 4 rings (SSSR count). The number of ether oxygens (including phenoxy) is 3. The van der Waals surface area contributed by atoms with Crippen LogP contribution in [0.4, 0.5) is 5.69 Å². The summed E-state index contributed by atoms with van der Waals surface area (Å²) in [5.74, 6) is -0.533. The van der Waals surface area contributed by atoms with Gasteiger partial charge in [0.15, 0.2) is 0 Å². The molecule has 2 heterocycles. The lowest BCUT2D eigenvalue weighted by Crippen LogP contribution is -2.53. The standard InChI is InChI=1S/C25H25N3O6/c1-28-20-9-8-18(12-23(29)32-2)34-22(20)14-33-21-10-7-17(11-19(21)25(28)31)27-24(30)16-5-3-15(13-26)4-6-16/h3-7,10-11,18,20,22H,8-9,12,14H2,1-2H3,(H,27,30)/t18-,20+,22-/m1/s1. The van der Waals surface area contributed by atoms with Gasteiger partial charge in [0.25, 0.3) is 11.8 Å². The minimum atomic E-state index is -0.374. The summed E-state index contributed by atoms with van der Waals surface area (Å²) in [4.78, 5) is 39.2. The molecule has 2 aliphatic heterocycles. The van der Waals surface area contributed by atoms with E-state index >= 15 is 0 Å². The molecule has 0 aromatic heterocycles. The predicted molar refractivity (Wildman–Crippen MR) is 121 cm³/mol. The average Bonchev–Trinajstić information content (AvgIpc) is 2.86. The lowest BCUT2D eigenvalue weighted by atomic mass is 9.94. The molecule has 0 aliphatic carbocycles. The first-order valence-electron chi connectivity index (χ1n) is 11.0. The third-order valence-corrected chi connectivity index (χ3v) is 6.17. The number of esters is 1. The van der Waals surface area contributed by atoms with Crippen molar-refractivity contribution in [3.63, 3.8) is 0 Å². The summed E-state index contributed by atoms with van der Waals surface area (Å²) in [6.07, 6.45) is 0.806. The van der Waals surface area contributed by atoms with Crippen LogP contribution in [0.3, 0.4) is 0 Å². The van der Waals surface area contributed by atoms with Crippen molar-refractivity contribution in [3.05, 3.63) is 59.2 Å². The van der Waals surface area contributed by atoms with Crippen molar-refractivity contribution in [2.75, 3.05) is 26.1 Å². The number of likely N-dealkylation sites (N-methyl/N-ethyl adjacent to an activating group) is 1. The SMILES string of the molecule is COC(=O)C[C@H]1CC[C@H]2[C@@H](COc3ccc(NC(=O)c4ccc(C#N)cc4)cc3C(=O)N2C)O1. The number of carbonyl (C=O) groups is 3. The van der Waals surface area contributed by atoms with E-state index in [-0.39, 0.29) is 49.1 Å². The number of hydrogen-bond donors (Lipinski definition) is 1. The van der Waals surface area contributed by atoms with E-state index in [9.17, 15) is 14.4 Å². The van der Waals surface area contributed by atoms with Crippen LogP contribution < -0.4 is 10.1 Å². The Balaban J connectivity index is 1.50. The van der Waals surface area contributed by atoms with Gasteiger partial charge >= 0.3 is 5.97 Å². The van der Waals surface area contributed by atoms with Gasteiger partial charge in [-0.15, -0.1) is 0 Å². The minimum absolute atomic E-state index is 0.163. The third kappa shape index (κ3) is 4.87. The number of nitrogens with zero attached hydrogens (tertiary/aromatic N) is 2. The summed E-state index contributed by atoms with van der Waals surface area (Å²) in [6, 6.07) is 13.0. The Morgan fingerprint density at radius 2 is 1.97 bits per heavy atom. The molecule has 176 valence electrons. The maximum atomic E-state index is 13.3. The van der Waals surface area contributed by atoms with Gasteiger partial charge in [-0.1, -0.05) is 0 Å². The monoisotopic (exact) mass is 463 g/mol. The van der Waals surface area contributed by atoms with Gasteiger partial charge in [0, 0.05) is 18.3 Å². The van der Waals surface area contributed by atoms with Gasteiger partial charge in [-0.25, -0.2) is 0 Å². The van der Waals surface area contributed by atoms with Crippen molar-refractivity contribution in [3.8, 4) is 11.8 Å². The van der Waals surface area contributed by atoms with Crippen molar-refractivity contribution in [1.29, 1.82) is 5.26 Å². The molecular weight excluding hydrogens is 438 g/mol. The molecule has 1 N–H and O–H groups in total. The van der Waals surface area contributed by atoms with Crippen LogP contribution in [0.25, 0.3) is 0 Å². The van der Waals surface area contributed by atoms with Crippen molar-refractivity contribution >= 4 is 23.5 Å². The number of amides is 2. The summed E-state index contributed by atoms with van der Waals surface area (Å²) in [5, 5.41) is 11.7. The lowest BCUT2D eigenvalue weighted by molar-refractivity contribution is -0.151. The molecule has 1 saturated heterocycles. The maximum absolute atomic E-state index is 13.3. The zero-order valence-electron chi connectivity index (χ0n) is 18.9. The molecule has 1 fully saturated rings. The Labute approximate surface area is 197 Å². The molecule has 2 aliphatic rings. The van der Waals surface area contributed by atoms with Crippen LogP contribution in [-0.2, 0) is 14.3 Å². The van der Waals surface area contributed by atoms with Crippen LogP contribution in [0.15, 0.2) is 42.5 Å². The fourth-order valence-corrected chi connectivity index (χ4v) is 4.27. The second-order valence-corrected chi connectivity index (χ2v) is 8.30. The lowest BCUT2D eigenvalue weighted by Gasteiger charge is -2.42. The average molecular weight is 463 g/mol. The number of carbonyl (C=O) groups excluding carboxylic acids is 3. The first-order chi connectivity index (χ1) is 16.4. The predicted octanol–water partition coefficient (Wildman–Crippen LogP) is 2.75. The van der Waals surface area contributed by atoms with E-state index in [1.165, 1.54) is 7.11 Å². The van der Waals surface area contributed by atoms with E-state index in [1.807, 2.05) is 6.07 Å². The first kappa shape index (κ1) is 23.3. The highest BCUT2D eigenvalue weighted by Crippen LogP contribution is 2.32. The number of methoxy groups -OCH3 is 1. The topological polar surface area (TPSA) is 118 Å². The van der Waals surface area contributed by atoms with Crippen LogP contribution in [-0.4, -0.2) is 61.7 Å². The van der Waals surface area contributed by atoms with Gasteiger partial charge in [-0.2, -0.15) is 5.26 Å². The summed E-state index contributed by atoms with van der Waals surface area (Å²) < 4.78 is 16.7. The van der Waals surface area contributed by atoms with E-state index in [4.69, 9.17) is 19.5 Å². The van der Waals surface area contributed by atoms with Crippen molar-refractivity contribution < 1.29 is 28.6 Å². The zero-order chi connectivity index (χ0) is 24.2. The summed E-state index contributed by atoms with van der Waals surface area (Å²) in [5.41, 5.74) is 1.66. The van der Waals surface area contributed by atoms with Crippen LogP contribution in [0, 0.1) is 11.3 Å². The summed E-state index contributed by atoms with van der Waals surface area (Å²) in [7, 11) is 3.07. The fraction of sp³-hybridized carbons (Fsp3) is 0.360. The number of rotatable bonds is 4. The molecule has 0 saturated carbocycles. The van der Waals surface area contributed by atoms with Gasteiger partial charge in [0.2, 0.25) is 0 Å². The van der Waals surface area contributed by atoms with Crippen LogP contribution in [0.1, 0.15) is 45.5 Å². The largest absolute Gasteiger partial charge is 0.490 e. The normalized spacial score (nSPS) is 21.6. The molecule has 2 amide bonds. The highest BCUT2D eigenvalue weighted by atomic mass is 16.5. The number of nitrogens with one attached hydrogen (secondary N) is 1. The van der Waals surface area contributed by atoms with Crippen molar-refractivity contribution in [1.82, 2.24) is 4.90 Å². The minimum Gasteiger partial charge on any atom is -0.490 e. The molecule has 0 spiro atoms. The molecule has 0 radical (unpaired) electrons. The molecule has 9 heteroatoms. The number of fused-ring (bicyclic) bond motifs is 2. The molecular formula is C25H25N3O6. The third-order valence-electron chi connectivity index (χ3n) is 6.17. The van der Waals surface area contributed by atoms with Crippen molar-refractivity contribution in [2.45, 2.75) is 37.5 Å². The smallest absolute Gasteiger partial charge is 0.308 e. The zero-order valence-corrected chi connectivity index (χ0v) is 18.9. The number of nitriles is 1. The molecule has 2 aromatic carbocycles. The number of benzene rings is 2. The molecule has 0 unspecified atom stereocenters. The Bertz CT molecular complexity index is 1140. The first-order valence-corrected chi connectivity index (χ1v) is 11.0. The van der Waals surface area contributed by atoms with Crippen LogP contribution >= 0.6 is 0 Å². The Morgan fingerprint density at radius 1 is 1.21 bits per heavy atom. The van der Waals surface area contributed by atoms with Gasteiger partial charge in [-0.05, 0) is 55.3 Å². The van der Waals surface area contributed by atoms with Gasteiger partial charge in [-0.3, -0.25) is 14.4 Å². The van der Waals surface area contributed by atoms with Crippen molar-refractivity contribution in [2.24, 2.45) is 0 Å². The maximum Gasteiger partial charge on any atom is 0.308 e. The Morgan fingerprint density at radius 3 is 2.68 bits per heavy atom. The van der Waals surface area contributed by atoms with E-state index < -0.39 is 0 Å². The Hall–Kier alpha value is -3.90.